The first-order chi connectivity index (χ1) is 7.44. The molecule has 16 heavy (non-hydrogen) atoms. The average Bonchev–Trinajstić information content (AvgIpc) is 2.19. The van der Waals surface area contributed by atoms with Gasteiger partial charge in [0.2, 0.25) is 10.0 Å². The molecule has 0 atom stereocenters. The van der Waals surface area contributed by atoms with Crippen molar-refractivity contribution in [3.8, 4) is 0 Å². The van der Waals surface area contributed by atoms with Gasteiger partial charge in [-0.3, -0.25) is 4.72 Å². The van der Waals surface area contributed by atoms with E-state index in [4.69, 9.17) is 5.73 Å². The molecule has 0 aliphatic carbocycles. The van der Waals surface area contributed by atoms with Gasteiger partial charge in [-0.1, -0.05) is 13.3 Å². The minimum atomic E-state index is -3.38. The van der Waals surface area contributed by atoms with Crippen LogP contribution in [0.4, 0.5) is 15.8 Å². The predicted octanol–water partition coefficient (Wildman–Crippen LogP) is 1.95. The SMILES string of the molecule is CCCCS(=O)(=O)Nc1ccc(F)cc1N. The van der Waals surface area contributed by atoms with Gasteiger partial charge < -0.3 is 5.73 Å². The minimum absolute atomic E-state index is 0.0420. The highest BCUT2D eigenvalue weighted by Crippen LogP contribution is 2.20. The van der Waals surface area contributed by atoms with Crippen LogP contribution in [0.15, 0.2) is 18.2 Å². The summed E-state index contributed by atoms with van der Waals surface area (Å²) in [7, 11) is -3.38. The zero-order valence-electron chi connectivity index (χ0n) is 9.03. The van der Waals surface area contributed by atoms with Gasteiger partial charge >= 0.3 is 0 Å². The highest BCUT2D eigenvalue weighted by Gasteiger charge is 2.11. The molecule has 0 aromatic heterocycles. The van der Waals surface area contributed by atoms with Gasteiger partial charge in [-0.05, 0) is 24.6 Å². The van der Waals surface area contributed by atoms with E-state index >= 15 is 0 Å². The first kappa shape index (κ1) is 12.8. The van der Waals surface area contributed by atoms with Crippen molar-refractivity contribution in [1.82, 2.24) is 0 Å². The minimum Gasteiger partial charge on any atom is -0.397 e. The summed E-state index contributed by atoms with van der Waals surface area (Å²) in [6, 6.07) is 3.56. The van der Waals surface area contributed by atoms with E-state index in [0.717, 1.165) is 18.6 Å². The van der Waals surface area contributed by atoms with Gasteiger partial charge in [-0.15, -0.1) is 0 Å². The summed E-state index contributed by atoms with van der Waals surface area (Å²) >= 11 is 0. The lowest BCUT2D eigenvalue weighted by atomic mass is 10.3. The Bertz CT molecular complexity index is 460. The number of nitrogen functional groups attached to an aromatic ring is 1. The number of hydrogen-bond donors (Lipinski definition) is 2. The van der Waals surface area contributed by atoms with Gasteiger partial charge in [0.25, 0.3) is 0 Å². The molecule has 90 valence electrons. The molecule has 0 heterocycles. The van der Waals surface area contributed by atoms with E-state index in [1.807, 2.05) is 6.92 Å². The van der Waals surface area contributed by atoms with Crippen molar-refractivity contribution in [2.75, 3.05) is 16.2 Å². The zero-order chi connectivity index (χ0) is 12.2. The largest absolute Gasteiger partial charge is 0.397 e. The van der Waals surface area contributed by atoms with Crippen molar-refractivity contribution < 1.29 is 12.8 Å². The van der Waals surface area contributed by atoms with Crippen molar-refractivity contribution in [2.45, 2.75) is 19.8 Å². The Labute approximate surface area is 94.7 Å². The highest BCUT2D eigenvalue weighted by molar-refractivity contribution is 7.92. The van der Waals surface area contributed by atoms with Crippen LogP contribution >= 0.6 is 0 Å². The third kappa shape index (κ3) is 3.69. The molecule has 1 aromatic carbocycles. The number of unbranched alkanes of at least 4 members (excludes halogenated alkanes) is 1. The van der Waals surface area contributed by atoms with E-state index in [-0.39, 0.29) is 17.1 Å². The summed E-state index contributed by atoms with van der Waals surface area (Å²) < 4.78 is 38.1. The maximum Gasteiger partial charge on any atom is 0.232 e. The Hall–Kier alpha value is -1.30. The number of halogens is 1. The maximum absolute atomic E-state index is 12.7. The molecular weight excluding hydrogens is 231 g/mol. The number of benzene rings is 1. The smallest absolute Gasteiger partial charge is 0.232 e. The van der Waals surface area contributed by atoms with Gasteiger partial charge in [0, 0.05) is 0 Å². The second-order valence-corrected chi connectivity index (χ2v) is 5.35. The Morgan fingerprint density at radius 3 is 2.69 bits per heavy atom. The van der Waals surface area contributed by atoms with Crippen molar-refractivity contribution in [3.05, 3.63) is 24.0 Å². The number of anilines is 2. The summed E-state index contributed by atoms with van der Waals surface area (Å²) in [5.41, 5.74) is 5.79. The summed E-state index contributed by atoms with van der Waals surface area (Å²) in [5, 5.41) is 0. The van der Waals surface area contributed by atoms with E-state index < -0.39 is 15.8 Å². The first-order valence-electron chi connectivity index (χ1n) is 5.00. The van der Waals surface area contributed by atoms with Crippen LogP contribution in [-0.4, -0.2) is 14.2 Å². The van der Waals surface area contributed by atoms with Crippen molar-refractivity contribution >= 4 is 21.4 Å². The number of nitrogens with one attached hydrogen (secondary N) is 1. The van der Waals surface area contributed by atoms with Gasteiger partial charge in [-0.25, -0.2) is 12.8 Å². The van der Waals surface area contributed by atoms with Crippen LogP contribution in [-0.2, 0) is 10.0 Å². The summed E-state index contributed by atoms with van der Waals surface area (Å²) in [5.74, 6) is -0.450. The maximum atomic E-state index is 12.7. The highest BCUT2D eigenvalue weighted by atomic mass is 32.2. The van der Waals surface area contributed by atoms with Crippen molar-refractivity contribution in [1.29, 1.82) is 0 Å². The Morgan fingerprint density at radius 1 is 1.44 bits per heavy atom. The molecule has 0 radical (unpaired) electrons. The van der Waals surface area contributed by atoms with E-state index in [1.54, 1.807) is 0 Å². The molecule has 6 heteroatoms. The quantitative estimate of drug-likeness (QED) is 0.780. The molecule has 0 saturated carbocycles. The lowest BCUT2D eigenvalue weighted by Gasteiger charge is -2.09. The number of hydrogen-bond acceptors (Lipinski definition) is 3. The first-order valence-corrected chi connectivity index (χ1v) is 6.65. The van der Waals surface area contributed by atoms with Gasteiger partial charge in [-0.2, -0.15) is 0 Å². The van der Waals surface area contributed by atoms with E-state index in [2.05, 4.69) is 4.72 Å². The molecule has 1 aromatic rings. The number of nitrogens with two attached hydrogens (primary N) is 1. The standard InChI is InChI=1S/C10H15FN2O2S/c1-2-3-6-16(14,15)13-10-5-4-8(11)7-9(10)12/h4-5,7,13H,2-3,6,12H2,1H3. The molecule has 1 rings (SSSR count). The third-order valence-corrected chi connectivity index (χ3v) is 3.40. The van der Waals surface area contributed by atoms with Crippen LogP contribution in [0.25, 0.3) is 0 Å². The Kier molecular flexibility index (Phi) is 4.12. The van der Waals surface area contributed by atoms with Gasteiger partial charge in [0.15, 0.2) is 0 Å². The van der Waals surface area contributed by atoms with E-state index in [1.165, 1.54) is 6.07 Å². The fourth-order valence-electron chi connectivity index (χ4n) is 1.18. The molecule has 0 aliphatic heterocycles. The van der Waals surface area contributed by atoms with Crippen molar-refractivity contribution in [2.24, 2.45) is 0 Å². The van der Waals surface area contributed by atoms with Crippen LogP contribution in [0.5, 0.6) is 0 Å². The van der Waals surface area contributed by atoms with Crippen LogP contribution in [0.1, 0.15) is 19.8 Å². The topological polar surface area (TPSA) is 72.2 Å². The molecular formula is C10H15FN2O2S. The predicted molar refractivity (Wildman–Crippen MR) is 63.1 cm³/mol. The second kappa shape index (κ2) is 5.16. The fourth-order valence-corrected chi connectivity index (χ4v) is 2.47. The lowest BCUT2D eigenvalue weighted by molar-refractivity contribution is 0.597. The van der Waals surface area contributed by atoms with Crippen LogP contribution in [0, 0.1) is 5.82 Å². The molecule has 0 bridgehead atoms. The average molecular weight is 246 g/mol. The molecule has 3 N–H and O–H groups in total. The van der Waals surface area contributed by atoms with E-state index in [9.17, 15) is 12.8 Å². The zero-order valence-corrected chi connectivity index (χ0v) is 9.85. The Morgan fingerprint density at radius 2 is 2.12 bits per heavy atom. The van der Waals surface area contributed by atoms with E-state index in [0.29, 0.717) is 6.42 Å². The second-order valence-electron chi connectivity index (χ2n) is 3.51. The summed E-state index contributed by atoms with van der Waals surface area (Å²) in [4.78, 5) is 0. The van der Waals surface area contributed by atoms with Crippen LogP contribution in [0.2, 0.25) is 0 Å². The third-order valence-electron chi connectivity index (χ3n) is 2.05. The van der Waals surface area contributed by atoms with Crippen molar-refractivity contribution in [3.63, 3.8) is 0 Å². The lowest BCUT2D eigenvalue weighted by Crippen LogP contribution is -2.17. The molecule has 0 aliphatic rings. The summed E-state index contributed by atoms with van der Waals surface area (Å²) in [6.07, 6.45) is 1.37. The van der Waals surface area contributed by atoms with Crippen LogP contribution < -0.4 is 10.5 Å². The van der Waals surface area contributed by atoms with Gasteiger partial charge in [0.05, 0.1) is 17.1 Å². The number of sulfonamides is 1. The molecule has 0 unspecified atom stereocenters. The van der Waals surface area contributed by atoms with Crippen LogP contribution in [0.3, 0.4) is 0 Å². The molecule has 4 nitrogen and oxygen atoms in total. The molecule has 0 fully saturated rings. The molecule has 0 spiro atoms. The number of rotatable bonds is 5. The molecule has 0 saturated heterocycles. The van der Waals surface area contributed by atoms with Gasteiger partial charge in [0.1, 0.15) is 5.82 Å². The normalized spacial score (nSPS) is 11.4. The monoisotopic (exact) mass is 246 g/mol. The summed E-state index contributed by atoms with van der Waals surface area (Å²) in [6.45, 7) is 1.90. The fraction of sp³-hybridized carbons (Fsp3) is 0.400. The molecule has 0 amide bonds. The Balaban J connectivity index is 2.80.